The topological polar surface area (TPSA) is 58.2 Å². The molecule has 126 valence electrons. The minimum Gasteiger partial charge on any atom is -0.351 e. The van der Waals surface area contributed by atoms with E-state index < -0.39 is 5.41 Å². The molecule has 0 saturated heterocycles. The van der Waals surface area contributed by atoms with Crippen molar-refractivity contribution in [2.45, 2.75) is 27.3 Å². The first-order valence-electron chi connectivity index (χ1n) is 7.70. The van der Waals surface area contributed by atoms with Crippen molar-refractivity contribution in [1.82, 2.24) is 5.32 Å². The molecule has 0 spiro atoms. The van der Waals surface area contributed by atoms with Crippen LogP contribution in [0.2, 0.25) is 0 Å². The standard InChI is InChI=1S/C19H21BrN2O2/c1-13-8-10-14(11-9-13)12-21-17(23)19(2,3)18(24)22-16-7-5-4-6-15(16)20/h4-11H,12H2,1-3H3,(H,21,23)(H,22,24). The molecule has 0 heterocycles. The molecule has 2 aromatic carbocycles. The first-order chi connectivity index (χ1) is 11.3. The molecule has 0 bridgehead atoms. The SMILES string of the molecule is Cc1ccc(CNC(=O)C(C)(C)C(=O)Nc2ccccc2Br)cc1. The average molecular weight is 389 g/mol. The zero-order valence-electron chi connectivity index (χ0n) is 14.0. The van der Waals surface area contributed by atoms with Crippen LogP contribution in [0.15, 0.2) is 53.0 Å². The van der Waals surface area contributed by atoms with Crippen molar-refractivity contribution in [2.75, 3.05) is 5.32 Å². The van der Waals surface area contributed by atoms with Crippen molar-refractivity contribution < 1.29 is 9.59 Å². The van der Waals surface area contributed by atoms with Crippen LogP contribution >= 0.6 is 15.9 Å². The van der Waals surface area contributed by atoms with E-state index in [1.807, 2.05) is 49.4 Å². The lowest BCUT2D eigenvalue weighted by molar-refractivity contribution is -0.138. The summed E-state index contributed by atoms with van der Waals surface area (Å²) in [6.07, 6.45) is 0. The Morgan fingerprint density at radius 2 is 1.62 bits per heavy atom. The number of hydrogen-bond acceptors (Lipinski definition) is 2. The van der Waals surface area contributed by atoms with Gasteiger partial charge in [0.15, 0.2) is 0 Å². The summed E-state index contributed by atoms with van der Waals surface area (Å²) >= 11 is 3.38. The van der Waals surface area contributed by atoms with Crippen LogP contribution in [0.25, 0.3) is 0 Å². The molecule has 2 N–H and O–H groups in total. The van der Waals surface area contributed by atoms with Gasteiger partial charge in [0.1, 0.15) is 5.41 Å². The number of benzene rings is 2. The fraction of sp³-hybridized carbons (Fsp3) is 0.263. The van der Waals surface area contributed by atoms with Gasteiger partial charge in [-0.1, -0.05) is 42.0 Å². The van der Waals surface area contributed by atoms with E-state index in [0.717, 1.165) is 10.0 Å². The van der Waals surface area contributed by atoms with Crippen molar-refractivity contribution in [3.63, 3.8) is 0 Å². The van der Waals surface area contributed by atoms with Crippen molar-refractivity contribution in [3.05, 3.63) is 64.1 Å². The zero-order valence-corrected chi connectivity index (χ0v) is 15.6. The largest absolute Gasteiger partial charge is 0.351 e. The van der Waals surface area contributed by atoms with Crippen molar-refractivity contribution >= 4 is 33.4 Å². The molecule has 24 heavy (non-hydrogen) atoms. The van der Waals surface area contributed by atoms with E-state index in [0.29, 0.717) is 12.2 Å². The number of para-hydroxylation sites is 1. The number of amides is 2. The predicted octanol–water partition coefficient (Wildman–Crippen LogP) is 4.04. The van der Waals surface area contributed by atoms with Gasteiger partial charge in [0.25, 0.3) is 0 Å². The van der Waals surface area contributed by atoms with Crippen LogP contribution in [0.3, 0.4) is 0 Å². The Bertz CT molecular complexity index is 739. The van der Waals surface area contributed by atoms with Gasteiger partial charge in [-0.15, -0.1) is 0 Å². The maximum atomic E-state index is 12.5. The van der Waals surface area contributed by atoms with Gasteiger partial charge in [-0.25, -0.2) is 0 Å². The Morgan fingerprint density at radius 1 is 1.00 bits per heavy atom. The number of hydrogen-bond donors (Lipinski definition) is 2. The minimum atomic E-state index is -1.18. The number of carbonyl (C=O) groups is 2. The smallest absolute Gasteiger partial charge is 0.239 e. The molecule has 0 aromatic heterocycles. The van der Waals surface area contributed by atoms with Crippen molar-refractivity contribution in [2.24, 2.45) is 5.41 Å². The van der Waals surface area contributed by atoms with Gasteiger partial charge in [0.2, 0.25) is 11.8 Å². The van der Waals surface area contributed by atoms with Gasteiger partial charge in [-0.2, -0.15) is 0 Å². The molecular weight excluding hydrogens is 368 g/mol. The van der Waals surface area contributed by atoms with Crippen molar-refractivity contribution in [3.8, 4) is 0 Å². The third-order valence-corrected chi connectivity index (χ3v) is 4.52. The second-order valence-electron chi connectivity index (χ2n) is 6.23. The van der Waals surface area contributed by atoms with Gasteiger partial charge in [0, 0.05) is 11.0 Å². The predicted molar refractivity (Wildman–Crippen MR) is 99.6 cm³/mol. The van der Waals surface area contributed by atoms with E-state index in [4.69, 9.17) is 0 Å². The second-order valence-corrected chi connectivity index (χ2v) is 7.08. The minimum absolute atomic E-state index is 0.312. The summed E-state index contributed by atoms with van der Waals surface area (Å²) in [5, 5.41) is 5.62. The molecule has 5 heteroatoms. The number of carbonyl (C=O) groups excluding carboxylic acids is 2. The summed E-state index contributed by atoms with van der Waals surface area (Å²) in [4.78, 5) is 24.9. The Labute approximate surface area is 150 Å². The lowest BCUT2D eigenvalue weighted by Crippen LogP contribution is -2.44. The van der Waals surface area contributed by atoms with E-state index in [1.54, 1.807) is 19.9 Å². The highest BCUT2D eigenvalue weighted by atomic mass is 79.9. The Morgan fingerprint density at radius 3 is 2.25 bits per heavy atom. The molecule has 0 unspecified atom stereocenters. The Hall–Kier alpha value is -2.14. The van der Waals surface area contributed by atoms with E-state index in [-0.39, 0.29) is 11.8 Å². The summed E-state index contributed by atoms with van der Waals surface area (Å²) in [6, 6.07) is 15.2. The van der Waals surface area contributed by atoms with Crippen LogP contribution in [0, 0.1) is 12.3 Å². The molecule has 0 atom stereocenters. The summed E-state index contributed by atoms with van der Waals surface area (Å²) in [7, 11) is 0. The summed E-state index contributed by atoms with van der Waals surface area (Å²) in [6.45, 7) is 5.63. The highest BCUT2D eigenvalue weighted by Gasteiger charge is 2.36. The van der Waals surface area contributed by atoms with Gasteiger partial charge < -0.3 is 10.6 Å². The monoisotopic (exact) mass is 388 g/mol. The van der Waals surface area contributed by atoms with Crippen LogP contribution in [0.5, 0.6) is 0 Å². The number of rotatable bonds is 5. The molecule has 0 aliphatic rings. The van der Waals surface area contributed by atoms with Gasteiger partial charge in [-0.3, -0.25) is 9.59 Å². The number of anilines is 1. The number of nitrogens with one attached hydrogen (secondary N) is 2. The molecule has 0 fully saturated rings. The molecule has 2 amide bonds. The van der Waals surface area contributed by atoms with Crippen LogP contribution < -0.4 is 10.6 Å². The first-order valence-corrected chi connectivity index (χ1v) is 8.50. The van der Waals surface area contributed by atoms with Gasteiger partial charge in [-0.05, 0) is 54.4 Å². The van der Waals surface area contributed by atoms with Gasteiger partial charge >= 0.3 is 0 Å². The lowest BCUT2D eigenvalue weighted by Gasteiger charge is -2.23. The molecule has 4 nitrogen and oxygen atoms in total. The first kappa shape index (κ1) is 18.2. The van der Waals surface area contributed by atoms with Crippen LogP contribution in [-0.4, -0.2) is 11.8 Å². The summed E-state index contributed by atoms with van der Waals surface area (Å²) < 4.78 is 0.772. The van der Waals surface area contributed by atoms with Crippen LogP contribution in [0.4, 0.5) is 5.69 Å². The van der Waals surface area contributed by atoms with Gasteiger partial charge in [0.05, 0.1) is 5.69 Å². The van der Waals surface area contributed by atoms with E-state index in [9.17, 15) is 9.59 Å². The van der Waals surface area contributed by atoms with E-state index >= 15 is 0 Å². The van der Waals surface area contributed by atoms with Crippen LogP contribution in [0.1, 0.15) is 25.0 Å². The fourth-order valence-electron chi connectivity index (χ4n) is 2.05. The fourth-order valence-corrected chi connectivity index (χ4v) is 2.44. The Balaban J connectivity index is 1.99. The second kappa shape index (κ2) is 7.62. The molecule has 0 aliphatic carbocycles. The molecule has 2 rings (SSSR count). The zero-order chi connectivity index (χ0) is 17.7. The lowest BCUT2D eigenvalue weighted by atomic mass is 9.90. The maximum Gasteiger partial charge on any atom is 0.239 e. The third-order valence-electron chi connectivity index (χ3n) is 3.83. The highest BCUT2D eigenvalue weighted by molar-refractivity contribution is 9.10. The number of halogens is 1. The summed E-state index contributed by atoms with van der Waals surface area (Å²) in [5.41, 5.74) is 1.62. The van der Waals surface area contributed by atoms with E-state index in [2.05, 4.69) is 26.6 Å². The van der Waals surface area contributed by atoms with E-state index in [1.165, 1.54) is 5.56 Å². The van der Waals surface area contributed by atoms with Crippen molar-refractivity contribution in [1.29, 1.82) is 0 Å². The average Bonchev–Trinajstić information content (AvgIpc) is 2.56. The maximum absolute atomic E-state index is 12.5. The molecule has 0 radical (unpaired) electrons. The highest BCUT2D eigenvalue weighted by Crippen LogP contribution is 2.25. The molecule has 0 aliphatic heterocycles. The molecular formula is C19H21BrN2O2. The molecule has 2 aromatic rings. The third kappa shape index (κ3) is 4.45. The number of aryl methyl sites for hydroxylation is 1. The molecule has 0 saturated carbocycles. The van der Waals surface area contributed by atoms with Crippen LogP contribution in [-0.2, 0) is 16.1 Å². The summed E-state index contributed by atoms with van der Waals surface area (Å²) in [5.74, 6) is -0.663. The normalized spacial score (nSPS) is 11.0. The Kier molecular flexibility index (Phi) is 5.78. The quantitative estimate of drug-likeness (QED) is 0.759.